The van der Waals surface area contributed by atoms with Gasteiger partial charge in [-0.05, 0) is 18.6 Å². The SMILES string of the molecule is COCCCNc1ccc(OC)cc1OC. The molecule has 4 nitrogen and oxygen atoms in total. The fourth-order valence-corrected chi connectivity index (χ4v) is 1.38. The molecular weight excluding hydrogens is 206 g/mol. The average molecular weight is 225 g/mol. The standard InChI is InChI=1S/C12H19NO3/c1-14-8-4-7-13-11-6-5-10(15-2)9-12(11)16-3/h5-6,9,13H,4,7-8H2,1-3H3. The van der Waals surface area contributed by atoms with Gasteiger partial charge < -0.3 is 19.5 Å². The van der Waals surface area contributed by atoms with Crippen molar-refractivity contribution < 1.29 is 14.2 Å². The normalized spacial score (nSPS) is 9.94. The van der Waals surface area contributed by atoms with Crippen LogP contribution in [-0.2, 0) is 4.74 Å². The summed E-state index contributed by atoms with van der Waals surface area (Å²) < 4.78 is 15.4. The quantitative estimate of drug-likeness (QED) is 0.722. The predicted octanol–water partition coefficient (Wildman–Crippen LogP) is 2.15. The Kier molecular flexibility index (Phi) is 5.50. The van der Waals surface area contributed by atoms with Crippen LogP contribution in [0.1, 0.15) is 6.42 Å². The molecule has 0 aliphatic rings. The van der Waals surface area contributed by atoms with Crippen LogP contribution in [0.5, 0.6) is 11.5 Å². The molecule has 1 aromatic rings. The Morgan fingerprint density at radius 1 is 1.12 bits per heavy atom. The Labute approximate surface area is 96.5 Å². The summed E-state index contributed by atoms with van der Waals surface area (Å²) in [4.78, 5) is 0. The van der Waals surface area contributed by atoms with Gasteiger partial charge in [-0.1, -0.05) is 0 Å². The third-order valence-corrected chi connectivity index (χ3v) is 2.25. The molecule has 1 N–H and O–H groups in total. The predicted molar refractivity (Wildman–Crippen MR) is 64.5 cm³/mol. The minimum absolute atomic E-state index is 0.755. The first-order valence-corrected chi connectivity index (χ1v) is 5.26. The third-order valence-electron chi connectivity index (χ3n) is 2.25. The summed E-state index contributed by atoms with van der Waals surface area (Å²) in [6.45, 7) is 1.61. The van der Waals surface area contributed by atoms with Crippen LogP contribution in [0.2, 0.25) is 0 Å². The fourth-order valence-electron chi connectivity index (χ4n) is 1.38. The van der Waals surface area contributed by atoms with E-state index in [0.29, 0.717) is 0 Å². The van der Waals surface area contributed by atoms with Crippen molar-refractivity contribution in [1.29, 1.82) is 0 Å². The van der Waals surface area contributed by atoms with Gasteiger partial charge in [0.2, 0.25) is 0 Å². The Hall–Kier alpha value is -1.42. The van der Waals surface area contributed by atoms with Gasteiger partial charge in [-0.25, -0.2) is 0 Å². The molecule has 0 spiro atoms. The van der Waals surface area contributed by atoms with Crippen molar-refractivity contribution in [2.45, 2.75) is 6.42 Å². The van der Waals surface area contributed by atoms with Crippen LogP contribution in [-0.4, -0.2) is 34.5 Å². The minimum atomic E-state index is 0.755. The highest BCUT2D eigenvalue weighted by Crippen LogP contribution is 2.28. The van der Waals surface area contributed by atoms with E-state index in [4.69, 9.17) is 14.2 Å². The molecule has 0 saturated heterocycles. The van der Waals surface area contributed by atoms with Crippen molar-refractivity contribution >= 4 is 5.69 Å². The second-order valence-corrected chi connectivity index (χ2v) is 3.34. The lowest BCUT2D eigenvalue weighted by Crippen LogP contribution is -2.05. The van der Waals surface area contributed by atoms with Crippen molar-refractivity contribution in [2.24, 2.45) is 0 Å². The lowest BCUT2D eigenvalue weighted by molar-refractivity contribution is 0.197. The first-order chi connectivity index (χ1) is 7.81. The monoisotopic (exact) mass is 225 g/mol. The van der Waals surface area contributed by atoms with E-state index in [1.807, 2.05) is 18.2 Å². The van der Waals surface area contributed by atoms with Gasteiger partial charge >= 0.3 is 0 Å². The van der Waals surface area contributed by atoms with Gasteiger partial charge in [0, 0.05) is 26.3 Å². The van der Waals surface area contributed by atoms with E-state index in [9.17, 15) is 0 Å². The van der Waals surface area contributed by atoms with E-state index in [0.717, 1.165) is 36.8 Å². The molecule has 0 aliphatic carbocycles. The van der Waals surface area contributed by atoms with Crippen LogP contribution >= 0.6 is 0 Å². The zero-order valence-electron chi connectivity index (χ0n) is 10.1. The summed E-state index contributed by atoms with van der Waals surface area (Å²) in [6.07, 6.45) is 0.964. The summed E-state index contributed by atoms with van der Waals surface area (Å²) in [7, 11) is 4.99. The Morgan fingerprint density at radius 3 is 2.56 bits per heavy atom. The fraction of sp³-hybridized carbons (Fsp3) is 0.500. The summed E-state index contributed by atoms with van der Waals surface area (Å²) >= 11 is 0. The Balaban J connectivity index is 2.57. The second-order valence-electron chi connectivity index (χ2n) is 3.34. The van der Waals surface area contributed by atoms with Crippen LogP contribution in [0.15, 0.2) is 18.2 Å². The zero-order chi connectivity index (χ0) is 11.8. The average Bonchev–Trinajstić information content (AvgIpc) is 2.34. The summed E-state index contributed by atoms with van der Waals surface area (Å²) in [5, 5.41) is 3.29. The molecule has 1 aromatic carbocycles. The lowest BCUT2D eigenvalue weighted by Gasteiger charge is -2.12. The maximum absolute atomic E-state index is 5.27. The molecule has 0 atom stereocenters. The zero-order valence-corrected chi connectivity index (χ0v) is 10.1. The van der Waals surface area contributed by atoms with Crippen LogP contribution < -0.4 is 14.8 Å². The van der Waals surface area contributed by atoms with Crippen molar-refractivity contribution in [3.05, 3.63) is 18.2 Å². The number of ether oxygens (including phenoxy) is 3. The molecule has 0 aliphatic heterocycles. The highest BCUT2D eigenvalue weighted by atomic mass is 16.5. The molecule has 0 aromatic heterocycles. The molecule has 0 saturated carbocycles. The second kappa shape index (κ2) is 6.95. The van der Waals surface area contributed by atoms with E-state index < -0.39 is 0 Å². The highest BCUT2D eigenvalue weighted by Gasteiger charge is 2.03. The van der Waals surface area contributed by atoms with Crippen LogP contribution in [0, 0.1) is 0 Å². The molecule has 0 amide bonds. The summed E-state index contributed by atoms with van der Waals surface area (Å²) in [5.74, 6) is 1.58. The van der Waals surface area contributed by atoms with Gasteiger partial charge in [-0.3, -0.25) is 0 Å². The smallest absolute Gasteiger partial charge is 0.145 e. The maximum Gasteiger partial charge on any atom is 0.145 e. The van der Waals surface area contributed by atoms with E-state index in [2.05, 4.69) is 5.32 Å². The number of nitrogens with one attached hydrogen (secondary N) is 1. The Bertz CT molecular complexity index is 315. The van der Waals surface area contributed by atoms with Gasteiger partial charge in [0.25, 0.3) is 0 Å². The summed E-state index contributed by atoms with van der Waals surface area (Å²) in [5.41, 5.74) is 0.972. The third kappa shape index (κ3) is 3.62. The molecular formula is C12H19NO3. The topological polar surface area (TPSA) is 39.7 Å². The van der Waals surface area contributed by atoms with Crippen LogP contribution in [0.3, 0.4) is 0 Å². The number of benzene rings is 1. The van der Waals surface area contributed by atoms with Crippen molar-refractivity contribution in [1.82, 2.24) is 0 Å². The molecule has 0 heterocycles. The van der Waals surface area contributed by atoms with E-state index >= 15 is 0 Å². The maximum atomic E-state index is 5.27. The van der Waals surface area contributed by atoms with E-state index in [1.165, 1.54) is 0 Å². The highest BCUT2D eigenvalue weighted by molar-refractivity contribution is 5.59. The van der Waals surface area contributed by atoms with Gasteiger partial charge in [-0.15, -0.1) is 0 Å². The molecule has 90 valence electrons. The Morgan fingerprint density at radius 2 is 1.94 bits per heavy atom. The largest absolute Gasteiger partial charge is 0.497 e. The number of hydrogen-bond acceptors (Lipinski definition) is 4. The van der Waals surface area contributed by atoms with Crippen LogP contribution in [0.25, 0.3) is 0 Å². The molecule has 16 heavy (non-hydrogen) atoms. The first-order valence-electron chi connectivity index (χ1n) is 5.26. The number of anilines is 1. The van der Waals surface area contributed by atoms with Gasteiger partial charge in [0.1, 0.15) is 11.5 Å². The molecule has 1 rings (SSSR count). The molecule has 0 fully saturated rings. The van der Waals surface area contributed by atoms with Crippen molar-refractivity contribution in [3.8, 4) is 11.5 Å². The van der Waals surface area contributed by atoms with E-state index in [-0.39, 0.29) is 0 Å². The van der Waals surface area contributed by atoms with Crippen molar-refractivity contribution in [3.63, 3.8) is 0 Å². The molecule has 0 radical (unpaired) electrons. The molecule has 0 bridgehead atoms. The first kappa shape index (κ1) is 12.6. The lowest BCUT2D eigenvalue weighted by atomic mass is 10.2. The number of hydrogen-bond donors (Lipinski definition) is 1. The van der Waals surface area contributed by atoms with Gasteiger partial charge in [0.15, 0.2) is 0 Å². The van der Waals surface area contributed by atoms with Crippen LogP contribution in [0.4, 0.5) is 5.69 Å². The number of methoxy groups -OCH3 is 3. The number of rotatable bonds is 7. The van der Waals surface area contributed by atoms with E-state index in [1.54, 1.807) is 21.3 Å². The van der Waals surface area contributed by atoms with Crippen molar-refractivity contribution in [2.75, 3.05) is 39.8 Å². The molecule has 4 heteroatoms. The van der Waals surface area contributed by atoms with Gasteiger partial charge in [0.05, 0.1) is 19.9 Å². The van der Waals surface area contributed by atoms with Gasteiger partial charge in [-0.2, -0.15) is 0 Å². The molecule has 0 unspecified atom stereocenters. The minimum Gasteiger partial charge on any atom is -0.497 e. The summed E-state index contributed by atoms with van der Waals surface area (Å²) in [6, 6.07) is 5.71.